The number of nitrogens with one attached hydrogen (secondary N) is 1. The molecule has 0 aromatic heterocycles. The zero-order valence-corrected chi connectivity index (χ0v) is 14.5. The lowest BCUT2D eigenvalue weighted by atomic mass is 10.0. The van der Waals surface area contributed by atoms with Crippen LogP contribution in [0.1, 0.15) is 25.3 Å². The topological polar surface area (TPSA) is 49.4 Å². The summed E-state index contributed by atoms with van der Waals surface area (Å²) in [4.78, 5) is 25.1. The molecule has 5 heteroatoms. The maximum atomic E-state index is 12.2. The average molecular weight is 333 g/mol. The van der Waals surface area contributed by atoms with E-state index in [2.05, 4.69) is 17.1 Å². The van der Waals surface area contributed by atoms with Gasteiger partial charge in [-0.05, 0) is 37.3 Å². The highest BCUT2D eigenvalue weighted by Crippen LogP contribution is 2.17. The molecule has 0 bridgehead atoms. The fourth-order valence-electron chi connectivity index (χ4n) is 2.99. The quantitative estimate of drug-likeness (QED) is 0.741. The first-order valence-electron chi connectivity index (χ1n) is 8.22. The number of nitrogens with zero attached hydrogens (tertiary/aromatic N) is 1. The maximum absolute atomic E-state index is 12.2. The van der Waals surface area contributed by atoms with E-state index in [1.165, 1.54) is 24.6 Å². The Morgan fingerprint density at radius 2 is 2.22 bits per heavy atom. The van der Waals surface area contributed by atoms with Crippen molar-refractivity contribution >= 4 is 23.3 Å². The zero-order valence-electron chi connectivity index (χ0n) is 13.7. The Balaban J connectivity index is 1.76. The summed E-state index contributed by atoms with van der Waals surface area (Å²) in [6.07, 6.45) is 4.92. The number of carbonyl (C=O) groups is 1. The number of thioether (sulfide) groups is 1. The van der Waals surface area contributed by atoms with Crippen LogP contribution in [-0.2, 0) is 16.0 Å². The average Bonchev–Trinajstić information content (AvgIpc) is 2.54. The van der Waals surface area contributed by atoms with Crippen LogP contribution in [0.15, 0.2) is 30.3 Å². The van der Waals surface area contributed by atoms with Crippen molar-refractivity contribution < 1.29 is 9.59 Å². The lowest BCUT2D eigenvalue weighted by Crippen LogP contribution is -2.38. The monoisotopic (exact) mass is 333 g/mol. The van der Waals surface area contributed by atoms with Gasteiger partial charge in [0.25, 0.3) is 0 Å². The van der Waals surface area contributed by atoms with Crippen molar-refractivity contribution in [3.05, 3.63) is 35.9 Å². The number of benzene rings is 1. The van der Waals surface area contributed by atoms with Gasteiger partial charge in [0.1, 0.15) is 0 Å². The molecular weight excluding hydrogens is 308 g/mol. The first-order chi connectivity index (χ1) is 11.2. The molecule has 1 fully saturated rings. The second-order valence-corrected chi connectivity index (χ2v) is 7.38. The smallest absolute Gasteiger partial charge is 0.309 e. The van der Waals surface area contributed by atoms with Gasteiger partial charge in [0, 0.05) is 18.3 Å². The lowest BCUT2D eigenvalue weighted by Gasteiger charge is -2.30. The van der Waals surface area contributed by atoms with Crippen LogP contribution in [0.2, 0.25) is 0 Å². The van der Waals surface area contributed by atoms with Gasteiger partial charge in [-0.15, -0.1) is 0 Å². The van der Waals surface area contributed by atoms with Crippen molar-refractivity contribution in [1.29, 1.82) is 0 Å². The van der Waals surface area contributed by atoms with Gasteiger partial charge in [-0.3, -0.25) is 14.5 Å². The molecule has 1 saturated heterocycles. The first kappa shape index (κ1) is 18.0. The molecule has 1 aliphatic rings. The third kappa shape index (κ3) is 6.75. The zero-order chi connectivity index (χ0) is 16.5. The van der Waals surface area contributed by atoms with Gasteiger partial charge in [-0.1, -0.05) is 49.0 Å². The van der Waals surface area contributed by atoms with Crippen molar-refractivity contribution in [2.75, 3.05) is 25.4 Å². The van der Waals surface area contributed by atoms with Crippen molar-refractivity contribution in [3.63, 3.8) is 0 Å². The highest BCUT2D eigenvalue weighted by Gasteiger charge is 2.19. The van der Waals surface area contributed by atoms with Gasteiger partial charge < -0.3 is 5.32 Å². The van der Waals surface area contributed by atoms with Gasteiger partial charge in [0.15, 0.2) is 0 Å². The Labute approximate surface area is 143 Å². The Morgan fingerprint density at radius 1 is 1.43 bits per heavy atom. The van der Waals surface area contributed by atoms with E-state index in [9.17, 15) is 9.59 Å². The third-order valence-corrected chi connectivity index (χ3v) is 5.15. The molecule has 1 heterocycles. The molecule has 0 spiro atoms. The summed E-state index contributed by atoms with van der Waals surface area (Å²) in [6.45, 7) is 4.78. The molecular formula is C18H25N2O2S. The number of amides is 1. The van der Waals surface area contributed by atoms with Gasteiger partial charge in [0.05, 0.1) is 6.54 Å². The SMILES string of the molecule is CC1CCCN(CC(=O)SCC(Cc2ccccc2)N[C]=O)C1. The minimum absolute atomic E-state index is 0.0656. The van der Waals surface area contributed by atoms with Gasteiger partial charge in [0.2, 0.25) is 5.12 Å². The van der Waals surface area contributed by atoms with Crippen LogP contribution in [0, 0.1) is 5.92 Å². The summed E-state index contributed by atoms with van der Waals surface area (Å²) in [5.41, 5.74) is 1.15. The largest absolute Gasteiger partial charge is 0.344 e. The molecule has 0 aliphatic carbocycles. The number of hydrogen-bond acceptors (Lipinski definition) is 4. The van der Waals surface area contributed by atoms with E-state index in [4.69, 9.17) is 0 Å². The van der Waals surface area contributed by atoms with E-state index in [1.54, 1.807) is 6.41 Å². The van der Waals surface area contributed by atoms with Crippen LogP contribution in [0.3, 0.4) is 0 Å². The molecule has 1 aromatic rings. The molecule has 1 amide bonds. The number of hydrogen-bond donors (Lipinski definition) is 1. The second kappa shape index (κ2) is 9.73. The van der Waals surface area contributed by atoms with Crippen LogP contribution < -0.4 is 5.32 Å². The standard InChI is InChI=1S/C18H25N2O2S/c1-15-6-5-9-20(11-15)12-18(22)23-13-17(19-14-21)10-16-7-3-2-4-8-16/h2-4,7-8,15,17H,5-6,9-13H2,1H3,(H,19,21). The van der Waals surface area contributed by atoms with Crippen molar-refractivity contribution in [2.24, 2.45) is 5.92 Å². The van der Waals surface area contributed by atoms with E-state index < -0.39 is 0 Å². The van der Waals surface area contributed by atoms with Crippen LogP contribution in [0.25, 0.3) is 0 Å². The van der Waals surface area contributed by atoms with Crippen LogP contribution in [0.5, 0.6) is 0 Å². The van der Waals surface area contributed by atoms with E-state index in [1.807, 2.05) is 30.3 Å². The molecule has 125 valence electrons. The van der Waals surface area contributed by atoms with Crippen LogP contribution >= 0.6 is 11.8 Å². The molecule has 4 nitrogen and oxygen atoms in total. The summed E-state index contributed by atoms with van der Waals surface area (Å²) >= 11 is 1.32. The predicted octanol–water partition coefficient (Wildman–Crippen LogP) is 2.25. The molecule has 2 rings (SSSR count). The molecule has 1 N–H and O–H groups in total. The molecule has 1 aliphatic heterocycles. The van der Waals surface area contributed by atoms with Gasteiger partial charge >= 0.3 is 6.41 Å². The lowest BCUT2D eigenvalue weighted by molar-refractivity contribution is -0.112. The second-order valence-electron chi connectivity index (χ2n) is 6.30. The Hall–Kier alpha value is -1.33. The van der Waals surface area contributed by atoms with Crippen molar-refractivity contribution in [1.82, 2.24) is 10.2 Å². The van der Waals surface area contributed by atoms with E-state index in [-0.39, 0.29) is 11.2 Å². The molecule has 1 radical (unpaired) electrons. The predicted molar refractivity (Wildman–Crippen MR) is 95.1 cm³/mol. The fraction of sp³-hybridized carbons (Fsp3) is 0.556. The van der Waals surface area contributed by atoms with E-state index in [0.29, 0.717) is 18.2 Å². The number of likely N-dealkylation sites (tertiary alicyclic amines) is 1. The fourth-order valence-corrected chi connectivity index (χ4v) is 3.85. The minimum atomic E-state index is -0.0656. The van der Waals surface area contributed by atoms with E-state index in [0.717, 1.165) is 25.1 Å². The third-order valence-electron chi connectivity index (χ3n) is 4.13. The maximum Gasteiger partial charge on any atom is 0.309 e. The Morgan fingerprint density at radius 3 is 2.91 bits per heavy atom. The molecule has 2 unspecified atom stereocenters. The highest BCUT2D eigenvalue weighted by molar-refractivity contribution is 8.13. The summed E-state index contributed by atoms with van der Waals surface area (Å²) in [6, 6.07) is 9.92. The van der Waals surface area contributed by atoms with Crippen molar-refractivity contribution in [3.8, 4) is 0 Å². The van der Waals surface area contributed by atoms with E-state index >= 15 is 0 Å². The summed E-state index contributed by atoms with van der Waals surface area (Å²) in [5, 5.41) is 2.89. The normalized spacial score (nSPS) is 20.0. The number of rotatable bonds is 8. The summed E-state index contributed by atoms with van der Waals surface area (Å²) < 4.78 is 0. The summed E-state index contributed by atoms with van der Waals surface area (Å²) in [7, 11) is 0. The van der Waals surface area contributed by atoms with Crippen LogP contribution in [0.4, 0.5) is 0 Å². The number of carbonyl (C=O) groups excluding carboxylic acids is 2. The molecule has 23 heavy (non-hydrogen) atoms. The molecule has 2 atom stereocenters. The van der Waals surface area contributed by atoms with Gasteiger partial charge in [-0.25, -0.2) is 0 Å². The van der Waals surface area contributed by atoms with Crippen molar-refractivity contribution in [2.45, 2.75) is 32.2 Å². The van der Waals surface area contributed by atoms with Crippen LogP contribution in [-0.4, -0.2) is 47.9 Å². The Bertz CT molecular complexity index is 495. The molecule has 0 saturated carbocycles. The van der Waals surface area contributed by atoms with Gasteiger partial charge in [-0.2, -0.15) is 0 Å². The minimum Gasteiger partial charge on any atom is -0.344 e. The summed E-state index contributed by atoms with van der Waals surface area (Å²) in [5.74, 6) is 1.27. The highest BCUT2D eigenvalue weighted by atomic mass is 32.2. The molecule has 1 aromatic carbocycles. The number of piperidine rings is 1. The Kier molecular flexibility index (Phi) is 7.62. The first-order valence-corrected chi connectivity index (χ1v) is 9.20.